The minimum absolute atomic E-state index is 0.202. The predicted octanol–water partition coefficient (Wildman–Crippen LogP) is 0.724. The molecule has 0 saturated carbocycles. The second kappa shape index (κ2) is 7.16. The summed E-state index contributed by atoms with van der Waals surface area (Å²) in [4.78, 5) is 9.47. The van der Waals surface area contributed by atoms with Crippen LogP contribution in [0.1, 0.15) is 23.2 Å². The van der Waals surface area contributed by atoms with E-state index in [0.717, 1.165) is 34.7 Å². The summed E-state index contributed by atoms with van der Waals surface area (Å²) in [5, 5.41) is 17.3. The van der Waals surface area contributed by atoms with Crippen LogP contribution in [0.25, 0.3) is 0 Å². The first-order valence-corrected chi connectivity index (χ1v) is 8.58. The zero-order valence-electron chi connectivity index (χ0n) is 10.9. The molecule has 1 atom stereocenters. The summed E-state index contributed by atoms with van der Waals surface area (Å²) >= 11 is 1.42. The van der Waals surface area contributed by atoms with Crippen LogP contribution in [-0.4, -0.2) is 61.1 Å². The van der Waals surface area contributed by atoms with Crippen LogP contribution < -0.4 is 5.32 Å². The summed E-state index contributed by atoms with van der Waals surface area (Å²) in [6.45, 7) is 4.47. The molecule has 6 heteroatoms. The van der Waals surface area contributed by atoms with Crippen molar-refractivity contribution < 1.29 is 9.94 Å². The molecule has 0 unspecified atom stereocenters. The molecule has 1 fully saturated rings. The Kier molecular flexibility index (Phi) is 5.53. The van der Waals surface area contributed by atoms with Crippen molar-refractivity contribution in [2.75, 3.05) is 19.7 Å². The minimum atomic E-state index is 0.202. The molecular weight excluding hydrogens is 439 g/mol. The number of hydrogen-bond acceptors (Lipinski definition) is 5. The van der Waals surface area contributed by atoms with E-state index in [-0.39, 0.29) is 5.75 Å². The Hall–Kier alpha value is -0.724. The average molecular weight is 457 g/mol. The molecule has 0 aromatic carbocycles. The van der Waals surface area contributed by atoms with Gasteiger partial charge in [-0.05, 0) is 0 Å². The van der Waals surface area contributed by atoms with Crippen molar-refractivity contribution in [1.82, 2.24) is 10.3 Å². The molecule has 1 aliphatic heterocycles. The average Bonchev–Trinajstić information content (AvgIpc) is 2.92. The third-order valence-corrected chi connectivity index (χ3v) is 4.45. The van der Waals surface area contributed by atoms with Gasteiger partial charge in [0, 0.05) is 0 Å². The molecule has 1 radical (unpaired) electrons. The van der Waals surface area contributed by atoms with E-state index in [1.165, 1.54) is 25.1 Å². The number of aromatic hydroxyl groups is 1. The zero-order chi connectivity index (χ0) is 13.7. The van der Waals surface area contributed by atoms with Crippen molar-refractivity contribution in [2.45, 2.75) is 17.4 Å². The third kappa shape index (κ3) is 3.87. The Morgan fingerprint density at radius 1 is 1.68 bits per heavy atom. The van der Waals surface area contributed by atoms with Gasteiger partial charge in [0.15, 0.2) is 0 Å². The second-order valence-electron chi connectivity index (χ2n) is 4.66. The van der Waals surface area contributed by atoms with E-state index in [0.29, 0.717) is 18.2 Å². The monoisotopic (exact) mass is 457 g/mol. The number of rotatable bonds is 5. The van der Waals surface area contributed by atoms with Crippen LogP contribution in [0.3, 0.4) is 0 Å². The van der Waals surface area contributed by atoms with E-state index in [4.69, 9.17) is 4.84 Å². The Labute approximate surface area is 128 Å². The Morgan fingerprint density at radius 3 is 3.21 bits per heavy atom. The van der Waals surface area contributed by atoms with Crippen LogP contribution in [-0.2, 0) is 8.92 Å². The third-order valence-electron chi connectivity index (χ3n) is 3.24. The van der Waals surface area contributed by atoms with E-state index in [2.05, 4.69) is 15.5 Å². The van der Waals surface area contributed by atoms with Gasteiger partial charge in [0.2, 0.25) is 0 Å². The van der Waals surface area contributed by atoms with Gasteiger partial charge in [-0.15, -0.1) is 0 Å². The van der Waals surface area contributed by atoms with Gasteiger partial charge in [-0.2, -0.15) is 0 Å². The number of oxime groups is 1. The first-order chi connectivity index (χ1) is 9.22. The Bertz CT molecular complexity index is 459. The first-order valence-electron chi connectivity index (χ1n) is 6.34. The topological polar surface area (TPSA) is 66.7 Å². The van der Waals surface area contributed by atoms with Crippen molar-refractivity contribution in [3.05, 3.63) is 23.0 Å². The summed E-state index contributed by atoms with van der Waals surface area (Å²) in [5.41, 5.74) is 2.36. The molecular formula is C13H18N3O2Po. The number of pyridine rings is 1. The molecule has 1 aliphatic rings. The fourth-order valence-corrected chi connectivity index (χ4v) is 2.90. The van der Waals surface area contributed by atoms with Crippen LogP contribution in [0, 0.1) is 12.8 Å². The molecule has 1 saturated heterocycles. The number of hydrogen-bond donors (Lipinski definition) is 2. The maximum atomic E-state index is 10.0. The number of aromatic nitrogens is 1. The molecule has 0 spiro atoms. The summed E-state index contributed by atoms with van der Waals surface area (Å²) in [7, 11) is 0. The van der Waals surface area contributed by atoms with Crippen LogP contribution >= 0.6 is 0 Å². The predicted molar refractivity (Wildman–Crippen MR) is 74.6 cm³/mol. The van der Waals surface area contributed by atoms with Crippen LogP contribution in [0.5, 0.6) is 5.75 Å². The number of aryl methyl sites for hydroxylation is 1. The van der Waals surface area contributed by atoms with Gasteiger partial charge in [-0.25, -0.2) is 0 Å². The Morgan fingerprint density at radius 2 is 2.53 bits per heavy atom. The van der Waals surface area contributed by atoms with Gasteiger partial charge in [0.05, 0.1) is 0 Å². The molecule has 19 heavy (non-hydrogen) atoms. The Balaban J connectivity index is 1.98. The van der Waals surface area contributed by atoms with Crippen molar-refractivity contribution in [3.63, 3.8) is 0 Å². The van der Waals surface area contributed by atoms with Crippen molar-refractivity contribution in [3.8, 4) is 5.75 Å². The molecule has 0 bridgehead atoms. The number of nitrogens with zero attached hydrogens (tertiary/aromatic N) is 2. The molecule has 0 amide bonds. The molecule has 1 aromatic heterocycles. The summed E-state index contributed by atoms with van der Waals surface area (Å²) in [6.07, 6.45) is 4.54. The van der Waals surface area contributed by atoms with Gasteiger partial charge in [0.1, 0.15) is 0 Å². The molecule has 1 aromatic rings. The first kappa shape index (κ1) is 14.7. The van der Waals surface area contributed by atoms with Crippen LogP contribution in [0.15, 0.2) is 11.4 Å². The molecule has 2 rings (SSSR count). The fourth-order valence-electron chi connectivity index (χ4n) is 2.01. The van der Waals surface area contributed by atoms with E-state index in [9.17, 15) is 5.11 Å². The molecule has 2 N–H and O–H groups in total. The summed E-state index contributed by atoms with van der Waals surface area (Å²) < 4.78 is 0.884. The van der Waals surface area contributed by atoms with Gasteiger partial charge in [-0.3, -0.25) is 0 Å². The molecule has 0 aliphatic carbocycles. The van der Waals surface area contributed by atoms with Gasteiger partial charge in [-0.1, -0.05) is 0 Å². The van der Waals surface area contributed by atoms with Crippen LogP contribution in [0.2, 0.25) is 0 Å². The van der Waals surface area contributed by atoms with E-state index in [1.54, 1.807) is 19.3 Å². The zero-order valence-corrected chi connectivity index (χ0v) is 14.1. The quantitative estimate of drug-likeness (QED) is 0.506. The summed E-state index contributed by atoms with van der Waals surface area (Å²) in [6, 6.07) is 0. The van der Waals surface area contributed by atoms with E-state index >= 15 is 0 Å². The van der Waals surface area contributed by atoms with Crippen molar-refractivity contribution in [2.24, 2.45) is 11.1 Å². The van der Waals surface area contributed by atoms with E-state index < -0.39 is 0 Å². The number of nitrogens with one attached hydrogen (secondary N) is 1. The SMILES string of the molecule is Cc1ncc([CH2][Po])c(/C=N/OC[C@@H]2CCNC2)c1O. The molecule has 2 heterocycles. The second-order valence-corrected chi connectivity index (χ2v) is 5.79. The standard InChI is InChI=1S/C13H18N3O2.Po/c1-9-5-15-10(2)13(17)12(9)7-16-18-8-11-3-4-14-6-11;/h5,7,11,14,17H,1,3-4,6,8H2,2H3;/b16-7+;/t11-;/m1./s1. The normalized spacial score (nSPS) is 19.2. The molecule has 5 nitrogen and oxygen atoms in total. The van der Waals surface area contributed by atoms with Gasteiger partial charge >= 0.3 is 128 Å². The van der Waals surface area contributed by atoms with E-state index in [1.807, 2.05) is 0 Å². The van der Waals surface area contributed by atoms with Crippen molar-refractivity contribution >= 4 is 31.3 Å². The van der Waals surface area contributed by atoms with Gasteiger partial charge < -0.3 is 0 Å². The fraction of sp³-hybridized carbons (Fsp3) is 0.538. The molecule has 103 valence electrons. The van der Waals surface area contributed by atoms with Crippen LogP contribution in [0.4, 0.5) is 0 Å². The van der Waals surface area contributed by atoms with Gasteiger partial charge in [0.25, 0.3) is 0 Å². The van der Waals surface area contributed by atoms with Crippen molar-refractivity contribution in [1.29, 1.82) is 0 Å². The summed E-state index contributed by atoms with van der Waals surface area (Å²) in [5.74, 6) is 0.744. The maximum absolute atomic E-state index is 10.0.